The second kappa shape index (κ2) is 9.39. The Morgan fingerprint density at radius 2 is 1.97 bits per heavy atom. The Bertz CT molecular complexity index is 1320. The van der Waals surface area contributed by atoms with Gasteiger partial charge in [0.15, 0.2) is 0 Å². The minimum atomic E-state index is -0.107. The summed E-state index contributed by atoms with van der Waals surface area (Å²) < 4.78 is 7.59. The summed E-state index contributed by atoms with van der Waals surface area (Å²) in [6.07, 6.45) is 3.96. The van der Waals surface area contributed by atoms with Crippen LogP contribution in [0.1, 0.15) is 54.2 Å². The number of carbonyl (C=O) groups is 1. The van der Waals surface area contributed by atoms with E-state index >= 15 is 0 Å². The number of rotatable bonds is 6. The van der Waals surface area contributed by atoms with Crippen molar-refractivity contribution in [2.24, 2.45) is 0 Å². The molecule has 1 fully saturated rings. The zero-order valence-electron chi connectivity index (χ0n) is 19.9. The fraction of sp³-hybridized carbons (Fsp3) is 0.321. The Labute approximate surface area is 200 Å². The van der Waals surface area contributed by atoms with Crippen molar-refractivity contribution in [1.82, 2.24) is 20.1 Å². The van der Waals surface area contributed by atoms with Gasteiger partial charge in [0.2, 0.25) is 0 Å². The van der Waals surface area contributed by atoms with Crippen molar-refractivity contribution in [1.29, 1.82) is 0 Å². The summed E-state index contributed by atoms with van der Waals surface area (Å²) >= 11 is 0. The summed E-state index contributed by atoms with van der Waals surface area (Å²) in [4.78, 5) is 18.1. The Hall–Kier alpha value is -3.51. The van der Waals surface area contributed by atoms with Gasteiger partial charge in [0.25, 0.3) is 5.91 Å². The first-order valence-corrected chi connectivity index (χ1v) is 12.0. The first-order chi connectivity index (χ1) is 16.5. The summed E-state index contributed by atoms with van der Waals surface area (Å²) in [5.41, 5.74) is 6.33. The maximum absolute atomic E-state index is 13.2. The molecule has 34 heavy (non-hydrogen) atoms. The van der Waals surface area contributed by atoms with Crippen LogP contribution in [0.3, 0.4) is 0 Å². The van der Waals surface area contributed by atoms with E-state index in [1.165, 1.54) is 5.56 Å². The third-order valence-electron chi connectivity index (χ3n) is 6.57. The first-order valence-electron chi connectivity index (χ1n) is 12.0. The highest BCUT2D eigenvalue weighted by Gasteiger charge is 2.20. The van der Waals surface area contributed by atoms with E-state index in [2.05, 4.69) is 48.5 Å². The predicted molar refractivity (Wildman–Crippen MR) is 134 cm³/mol. The number of nitrogens with one attached hydrogen (secondary N) is 1. The Kier molecular flexibility index (Phi) is 6.16. The van der Waals surface area contributed by atoms with Gasteiger partial charge in [0, 0.05) is 24.1 Å². The lowest BCUT2D eigenvalue weighted by Crippen LogP contribution is -2.32. The second-order valence-corrected chi connectivity index (χ2v) is 9.22. The normalized spacial score (nSPS) is 15.8. The first kappa shape index (κ1) is 22.3. The van der Waals surface area contributed by atoms with Crippen molar-refractivity contribution in [3.63, 3.8) is 0 Å². The van der Waals surface area contributed by atoms with Crippen LogP contribution < -0.4 is 5.32 Å². The van der Waals surface area contributed by atoms with Crippen LogP contribution in [0.15, 0.2) is 60.8 Å². The summed E-state index contributed by atoms with van der Waals surface area (Å²) in [6.45, 7) is 7.70. The van der Waals surface area contributed by atoms with Gasteiger partial charge >= 0.3 is 0 Å². The van der Waals surface area contributed by atoms with E-state index in [-0.39, 0.29) is 12.0 Å². The third-order valence-corrected chi connectivity index (χ3v) is 6.57. The van der Waals surface area contributed by atoms with Crippen LogP contribution in [0.5, 0.6) is 0 Å². The molecular weight excluding hydrogens is 424 g/mol. The van der Waals surface area contributed by atoms with Crippen molar-refractivity contribution < 1.29 is 9.53 Å². The van der Waals surface area contributed by atoms with Crippen LogP contribution in [0.4, 0.5) is 0 Å². The molecule has 1 saturated heterocycles. The van der Waals surface area contributed by atoms with Crippen molar-refractivity contribution in [2.45, 2.75) is 45.6 Å². The molecule has 4 aromatic rings. The van der Waals surface area contributed by atoms with E-state index in [1.807, 2.05) is 48.1 Å². The van der Waals surface area contributed by atoms with Crippen LogP contribution in [0.25, 0.3) is 27.8 Å². The molecule has 3 heterocycles. The zero-order chi connectivity index (χ0) is 23.7. The van der Waals surface area contributed by atoms with Crippen LogP contribution in [-0.2, 0) is 4.74 Å². The SMILES string of the molecule is Cc1c(-c2cc(C(=O)NC[C@@H]3CCCO3)c3ccccc3n2)cnn1-c1ccc(C(C)C)cc1. The van der Waals surface area contributed by atoms with Gasteiger partial charge in [-0.05, 0) is 55.5 Å². The largest absolute Gasteiger partial charge is 0.376 e. The van der Waals surface area contributed by atoms with Crippen molar-refractivity contribution in [3.8, 4) is 16.9 Å². The molecule has 6 nitrogen and oxygen atoms in total. The number of benzene rings is 2. The van der Waals surface area contributed by atoms with Crippen LogP contribution in [-0.4, -0.2) is 39.9 Å². The minimum absolute atomic E-state index is 0.0964. The number of nitrogens with zero attached hydrogens (tertiary/aromatic N) is 3. The lowest BCUT2D eigenvalue weighted by molar-refractivity contribution is 0.0859. The maximum Gasteiger partial charge on any atom is 0.252 e. The number of fused-ring (bicyclic) bond motifs is 1. The minimum Gasteiger partial charge on any atom is -0.376 e. The van der Waals surface area contributed by atoms with E-state index in [0.29, 0.717) is 18.0 Å². The van der Waals surface area contributed by atoms with E-state index in [0.717, 1.165) is 53.0 Å². The predicted octanol–water partition coefficient (Wildman–Crippen LogP) is 5.43. The summed E-state index contributed by atoms with van der Waals surface area (Å²) in [5.74, 6) is 0.375. The number of ether oxygens (including phenoxy) is 1. The highest BCUT2D eigenvalue weighted by Crippen LogP contribution is 2.28. The molecule has 0 spiro atoms. The molecule has 1 aliphatic heterocycles. The molecule has 2 aromatic carbocycles. The molecule has 0 radical (unpaired) electrons. The second-order valence-electron chi connectivity index (χ2n) is 9.22. The van der Waals surface area contributed by atoms with Gasteiger partial charge in [0.1, 0.15) is 0 Å². The van der Waals surface area contributed by atoms with E-state index < -0.39 is 0 Å². The maximum atomic E-state index is 13.2. The number of hydrogen-bond acceptors (Lipinski definition) is 4. The smallest absolute Gasteiger partial charge is 0.252 e. The number of para-hydroxylation sites is 1. The highest BCUT2D eigenvalue weighted by atomic mass is 16.5. The molecule has 0 aliphatic carbocycles. The third kappa shape index (κ3) is 4.33. The number of hydrogen-bond donors (Lipinski definition) is 1. The molecule has 1 aliphatic rings. The van der Waals surface area contributed by atoms with Gasteiger partial charge in [-0.25, -0.2) is 9.67 Å². The quantitative estimate of drug-likeness (QED) is 0.422. The van der Waals surface area contributed by atoms with Gasteiger partial charge < -0.3 is 10.1 Å². The van der Waals surface area contributed by atoms with E-state index in [9.17, 15) is 4.79 Å². The average molecular weight is 455 g/mol. The number of amides is 1. The summed E-state index contributed by atoms with van der Waals surface area (Å²) in [7, 11) is 0. The molecule has 1 N–H and O–H groups in total. The van der Waals surface area contributed by atoms with Gasteiger partial charge in [-0.15, -0.1) is 0 Å². The molecule has 1 atom stereocenters. The molecule has 6 heteroatoms. The van der Waals surface area contributed by atoms with Crippen molar-refractivity contribution in [2.75, 3.05) is 13.2 Å². The fourth-order valence-corrected chi connectivity index (χ4v) is 4.53. The lowest BCUT2D eigenvalue weighted by Gasteiger charge is -2.13. The standard InChI is InChI=1S/C28H30N4O2/c1-18(2)20-10-12-21(13-11-20)32-19(3)25(17-30-32)27-15-24(23-8-4-5-9-26(23)31-27)28(33)29-16-22-7-6-14-34-22/h4-5,8-13,15,17-18,22H,6-7,14,16H2,1-3H3,(H,29,33)/t22-/m0/s1. The Balaban J connectivity index is 1.50. The van der Waals surface area contributed by atoms with Gasteiger partial charge in [-0.2, -0.15) is 5.10 Å². The lowest BCUT2D eigenvalue weighted by atomic mass is 10.0. The number of carbonyl (C=O) groups excluding carboxylic acids is 1. The molecular formula is C28H30N4O2. The molecule has 0 unspecified atom stereocenters. The Morgan fingerprint density at radius 3 is 2.71 bits per heavy atom. The zero-order valence-corrected chi connectivity index (χ0v) is 19.9. The van der Waals surface area contributed by atoms with Crippen molar-refractivity contribution >= 4 is 16.8 Å². The Morgan fingerprint density at radius 1 is 1.18 bits per heavy atom. The van der Waals surface area contributed by atoms with E-state index in [1.54, 1.807) is 0 Å². The fourth-order valence-electron chi connectivity index (χ4n) is 4.53. The van der Waals surface area contributed by atoms with Gasteiger partial charge in [0.05, 0.1) is 40.5 Å². The summed E-state index contributed by atoms with van der Waals surface area (Å²) in [5, 5.41) is 8.54. The molecule has 0 saturated carbocycles. The van der Waals surface area contributed by atoms with E-state index in [4.69, 9.17) is 9.72 Å². The highest BCUT2D eigenvalue weighted by molar-refractivity contribution is 6.07. The molecule has 2 aromatic heterocycles. The number of pyridine rings is 1. The molecule has 1 amide bonds. The van der Waals surface area contributed by atoms with Crippen LogP contribution >= 0.6 is 0 Å². The monoisotopic (exact) mass is 454 g/mol. The molecule has 174 valence electrons. The van der Waals surface area contributed by atoms with Crippen LogP contribution in [0.2, 0.25) is 0 Å². The van der Waals surface area contributed by atoms with Crippen LogP contribution in [0, 0.1) is 6.92 Å². The van der Waals surface area contributed by atoms with Gasteiger partial charge in [-0.1, -0.05) is 44.2 Å². The topological polar surface area (TPSA) is 69.0 Å². The number of aromatic nitrogens is 3. The van der Waals surface area contributed by atoms with Gasteiger partial charge in [-0.3, -0.25) is 4.79 Å². The average Bonchev–Trinajstić information content (AvgIpc) is 3.51. The molecule has 5 rings (SSSR count). The van der Waals surface area contributed by atoms with Crippen molar-refractivity contribution in [3.05, 3.63) is 77.6 Å². The molecule has 0 bridgehead atoms. The summed E-state index contributed by atoms with van der Waals surface area (Å²) in [6, 6.07) is 18.1.